The van der Waals surface area contributed by atoms with E-state index in [1.807, 2.05) is 0 Å². The zero-order chi connectivity index (χ0) is 20.3. The molecule has 24 heavy (non-hydrogen) atoms. The highest BCUT2D eigenvalue weighted by Gasteiger charge is 2.22. The van der Waals surface area contributed by atoms with Gasteiger partial charge in [0.1, 0.15) is 0 Å². The van der Waals surface area contributed by atoms with Crippen LogP contribution in [-0.4, -0.2) is 59.4 Å². The van der Waals surface area contributed by atoms with Crippen LogP contribution in [0.3, 0.4) is 0 Å². The third-order valence-electron chi connectivity index (χ3n) is 3.77. The fraction of sp³-hybridized carbons (Fsp3) is 0.812. The highest BCUT2D eigenvalue weighted by molar-refractivity contribution is 5.95. The minimum absolute atomic E-state index is 0.00871. The summed E-state index contributed by atoms with van der Waals surface area (Å²) in [6.07, 6.45) is 5.78. The maximum absolute atomic E-state index is 12.1. The van der Waals surface area contributed by atoms with Gasteiger partial charge in [0, 0.05) is 13.0 Å². The Hall–Kier alpha value is -1.83. The van der Waals surface area contributed by atoms with Crippen LogP contribution in [-0.2, 0) is 9.53 Å². The van der Waals surface area contributed by atoms with E-state index in [9.17, 15) is 14.8 Å². The van der Waals surface area contributed by atoms with Gasteiger partial charge in [-0.3, -0.25) is 9.69 Å². The molecule has 0 unspecified atom stereocenters. The predicted octanol–water partition coefficient (Wildman–Crippen LogP) is 2.12. The van der Waals surface area contributed by atoms with Crippen molar-refractivity contribution in [3.63, 3.8) is 0 Å². The Kier molecular flexibility index (Phi) is 7.62. The molecule has 1 heterocycles. The van der Waals surface area contributed by atoms with Crippen LogP contribution in [0.15, 0.2) is 0 Å². The molecule has 0 aromatic rings. The van der Waals surface area contributed by atoms with Crippen molar-refractivity contribution in [2.24, 2.45) is 0 Å². The van der Waals surface area contributed by atoms with E-state index in [2.05, 4.69) is 5.32 Å². The molecule has 1 aliphatic heterocycles. The third-order valence-corrected chi connectivity index (χ3v) is 3.77. The zero-order valence-corrected chi connectivity index (χ0v) is 14.0. The van der Waals surface area contributed by atoms with Gasteiger partial charge in [0.05, 0.1) is 24.2 Å². The molecular formula is C16H29N3O5. The summed E-state index contributed by atoms with van der Waals surface area (Å²) in [6.45, 7) is -2.62. The van der Waals surface area contributed by atoms with Crippen LogP contribution in [0.5, 0.6) is 0 Å². The molecule has 1 rings (SSSR count). The average Bonchev–Trinajstić information content (AvgIpc) is 2.58. The fourth-order valence-electron chi connectivity index (χ4n) is 2.42. The Morgan fingerprint density at radius 2 is 1.83 bits per heavy atom. The molecule has 8 heteroatoms. The number of hydroxylamine groups is 1. The molecule has 8 nitrogen and oxygen atoms in total. The van der Waals surface area contributed by atoms with E-state index >= 15 is 0 Å². The highest BCUT2D eigenvalue weighted by atomic mass is 16.5. The number of carbonyl (C=O) groups is 2. The molecule has 0 spiro atoms. The van der Waals surface area contributed by atoms with E-state index in [-0.39, 0.29) is 19.6 Å². The van der Waals surface area contributed by atoms with Crippen LogP contribution in [0.4, 0.5) is 4.79 Å². The molecule has 2 N–H and O–H groups in total. The molecule has 1 fully saturated rings. The lowest BCUT2D eigenvalue weighted by molar-refractivity contribution is -0.378. The van der Waals surface area contributed by atoms with Crippen molar-refractivity contribution in [3.8, 4) is 0 Å². The average molecular weight is 346 g/mol. The Morgan fingerprint density at radius 1 is 1.21 bits per heavy atom. The monoisotopic (exact) mass is 346 g/mol. The highest BCUT2D eigenvalue weighted by Crippen LogP contribution is 2.10. The number of carboxylic acid groups (broad SMARTS) is 1. The van der Waals surface area contributed by atoms with Gasteiger partial charge in [0.15, 0.2) is 0 Å². The van der Waals surface area contributed by atoms with Gasteiger partial charge in [-0.1, -0.05) is 38.5 Å². The van der Waals surface area contributed by atoms with Crippen molar-refractivity contribution in [2.45, 2.75) is 57.8 Å². The largest absolute Gasteiger partial charge is 0.735 e. The molecule has 0 radical (unpaired) electrons. The van der Waals surface area contributed by atoms with Crippen LogP contribution < -0.4 is 5.32 Å². The number of rotatable bonds is 0. The molecular weight excluding hydrogens is 314 g/mol. The summed E-state index contributed by atoms with van der Waals surface area (Å²) in [6, 6.07) is 0. The Balaban J connectivity index is 2.97. The summed E-state index contributed by atoms with van der Waals surface area (Å²) in [5.74, 6) is -1.41. The molecule has 1 saturated heterocycles. The number of ether oxygens (including phenoxy) is 1. The van der Waals surface area contributed by atoms with Crippen LogP contribution in [0.2, 0.25) is 0 Å². The van der Waals surface area contributed by atoms with E-state index < -0.39 is 29.7 Å². The maximum atomic E-state index is 12.1. The lowest BCUT2D eigenvalue weighted by Gasteiger charge is -2.19. The van der Waals surface area contributed by atoms with Gasteiger partial charge in [0.2, 0.25) is 0 Å². The Bertz CT molecular complexity index is 526. The maximum Gasteiger partial charge on any atom is 0.476 e. The van der Waals surface area contributed by atoms with Gasteiger partial charge < -0.3 is 15.1 Å². The Labute approximate surface area is 147 Å². The normalized spacial score (nSPS) is 24.8. The van der Waals surface area contributed by atoms with Crippen LogP contribution in [0.1, 0.15) is 61.9 Å². The van der Waals surface area contributed by atoms with Crippen LogP contribution in [0, 0.1) is 5.21 Å². The lowest BCUT2D eigenvalue weighted by Crippen LogP contribution is -2.49. The molecule has 2 amide bonds. The number of hydrogen-bond donors (Lipinski definition) is 2. The van der Waals surface area contributed by atoms with Crippen LogP contribution >= 0.6 is 0 Å². The van der Waals surface area contributed by atoms with Crippen molar-refractivity contribution in [1.29, 1.82) is 0 Å². The number of nitrogens with one attached hydrogen (secondary N) is 1. The molecule has 1 aliphatic rings. The summed E-state index contributed by atoms with van der Waals surface area (Å²) in [5.41, 5.74) is 0. The van der Waals surface area contributed by atoms with Gasteiger partial charge in [0.25, 0.3) is 5.91 Å². The first-order valence-corrected chi connectivity index (χ1v) is 8.46. The van der Waals surface area contributed by atoms with Gasteiger partial charge in [-0.2, -0.15) is 4.74 Å². The van der Waals surface area contributed by atoms with E-state index in [0.29, 0.717) is 17.9 Å². The second-order valence-electron chi connectivity index (χ2n) is 5.79. The van der Waals surface area contributed by atoms with E-state index in [4.69, 9.17) is 14.0 Å². The number of carbonyl (C=O) groups excluding carboxylic acids is 1. The summed E-state index contributed by atoms with van der Waals surface area (Å²) < 4.78 is 27.7. The van der Waals surface area contributed by atoms with E-state index in [0.717, 1.165) is 44.9 Å². The molecule has 0 saturated carbocycles. The van der Waals surface area contributed by atoms with Crippen molar-refractivity contribution in [2.75, 3.05) is 26.7 Å². The fourth-order valence-corrected chi connectivity index (χ4v) is 2.42. The van der Waals surface area contributed by atoms with E-state index in [1.165, 1.54) is 0 Å². The first kappa shape index (κ1) is 15.7. The summed E-state index contributed by atoms with van der Waals surface area (Å²) in [7, 11) is 0. The molecule has 0 aliphatic carbocycles. The molecule has 138 valence electrons. The number of amides is 2. The number of nitrogens with zero attached hydrogens (tertiary/aromatic N) is 2. The first-order valence-electron chi connectivity index (χ1n) is 9.96. The second-order valence-corrected chi connectivity index (χ2v) is 5.79. The molecule has 0 bridgehead atoms. The number of hydrogen-bond acceptors (Lipinski definition) is 4. The van der Waals surface area contributed by atoms with Gasteiger partial charge >= 0.3 is 12.1 Å². The first-order chi connectivity index (χ1) is 12.7. The van der Waals surface area contributed by atoms with Gasteiger partial charge in [-0.15, -0.1) is 0 Å². The SMILES string of the molecule is [2H]C([2H])([2H])N1CCOCCCCCCCCCCC(=O)N/C1=[N+](/[O-])C(=O)O. The van der Waals surface area contributed by atoms with Crippen LogP contribution in [0.25, 0.3) is 0 Å². The summed E-state index contributed by atoms with van der Waals surface area (Å²) in [5, 5.41) is 23.1. The second kappa shape index (κ2) is 11.7. The number of guanidine groups is 1. The van der Waals surface area contributed by atoms with Crippen molar-refractivity contribution >= 4 is 18.0 Å². The van der Waals surface area contributed by atoms with Gasteiger partial charge in [-0.05, 0) is 12.8 Å². The molecule has 0 aromatic heterocycles. The topological polar surface area (TPSA) is 105 Å². The van der Waals surface area contributed by atoms with E-state index in [1.54, 1.807) is 0 Å². The summed E-state index contributed by atoms with van der Waals surface area (Å²) >= 11 is 0. The van der Waals surface area contributed by atoms with Gasteiger partial charge in [-0.25, -0.2) is 10.1 Å². The smallest absolute Gasteiger partial charge is 0.476 e. The van der Waals surface area contributed by atoms with Crippen molar-refractivity contribution in [1.82, 2.24) is 10.2 Å². The molecule has 0 aromatic carbocycles. The molecule has 0 atom stereocenters. The quantitative estimate of drug-likeness (QED) is 0.395. The van der Waals surface area contributed by atoms with Crippen molar-refractivity contribution in [3.05, 3.63) is 5.21 Å². The van der Waals surface area contributed by atoms with Crippen molar-refractivity contribution < 1.29 is 28.3 Å². The summed E-state index contributed by atoms with van der Waals surface area (Å²) in [4.78, 5) is 23.8. The predicted molar refractivity (Wildman–Crippen MR) is 89.8 cm³/mol. The Morgan fingerprint density at radius 3 is 2.46 bits per heavy atom. The minimum Gasteiger partial charge on any atom is -0.735 e. The number of likely N-dealkylation sites (N-methyl/N-ethyl adjacent to an activating group) is 1. The zero-order valence-electron chi connectivity index (χ0n) is 17.0. The standard InChI is InChI=1S/C16H29N3O5/c1-18-11-13-24-12-9-7-5-3-2-4-6-8-10-14(20)17-15(18)19(23)16(21)22/h2-13H2,1H3,(H,17,20)(H,21,22)/b19-15-/i1D3. The lowest BCUT2D eigenvalue weighted by atomic mass is 10.1. The third kappa shape index (κ3) is 8.14. The minimum atomic E-state index is -2.81.